The highest BCUT2D eigenvalue weighted by atomic mass is 32.2. The molecular weight excluding hydrogens is 440 g/mol. The van der Waals surface area contributed by atoms with Crippen molar-refractivity contribution in [3.8, 4) is 17.2 Å². The Bertz CT molecular complexity index is 1410. The fourth-order valence-corrected chi connectivity index (χ4v) is 6.71. The fraction of sp³-hybridized carbons (Fsp3) is 0.280. The maximum atomic E-state index is 13.8. The molecule has 3 heterocycles. The SMILES string of the molecule is Cc1cccc(-n2c(SCc3ccc4c(c3)OCO4)nc3sc4c(c3c2=O)CCCC4)c1. The molecule has 0 saturated carbocycles. The molecule has 2 aromatic carbocycles. The van der Waals surface area contributed by atoms with Gasteiger partial charge in [-0.05, 0) is 73.6 Å². The predicted molar refractivity (Wildman–Crippen MR) is 129 cm³/mol. The lowest BCUT2D eigenvalue weighted by molar-refractivity contribution is 0.174. The van der Waals surface area contributed by atoms with E-state index >= 15 is 0 Å². The number of aryl methyl sites for hydroxylation is 3. The van der Waals surface area contributed by atoms with Gasteiger partial charge in [0.25, 0.3) is 5.56 Å². The van der Waals surface area contributed by atoms with E-state index in [0.29, 0.717) is 5.75 Å². The van der Waals surface area contributed by atoms with Gasteiger partial charge in [0, 0.05) is 10.6 Å². The van der Waals surface area contributed by atoms with Crippen LogP contribution in [-0.2, 0) is 18.6 Å². The second-order valence-corrected chi connectivity index (χ2v) is 10.3. The number of thioether (sulfide) groups is 1. The van der Waals surface area contributed by atoms with Gasteiger partial charge < -0.3 is 9.47 Å². The molecule has 0 fully saturated rings. The van der Waals surface area contributed by atoms with Crippen LogP contribution in [0.25, 0.3) is 15.9 Å². The summed E-state index contributed by atoms with van der Waals surface area (Å²) in [6, 6.07) is 14.1. The summed E-state index contributed by atoms with van der Waals surface area (Å²) in [6.45, 7) is 2.31. The lowest BCUT2D eigenvalue weighted by Crippen LogP contribution is -2.22. The molecule has 0 unspecified atom stereocenters. The molecule has 0 radical (unpaired) electrons. The van der Waals surface area contributed by atoms with Gasteiger partial charge in [-0.2, -0.15) is 0 Å². The summed E-state index contributed by atoms with van der Waals surface area (Å²) in [5.41, 5.74) is 4.37. The Hall–Kier alpha value is -2.77. The van der Waals surface area contributed by atoms with E-state index in [4.69, 9.17) is 14.5 Å². The van der Waals surface area contributed by atoms with Crippen molar-refractivity contribution in [1.82, 2.24) is 9.55 Å². The number of hydrogen-bond acceptors (Lipinski definition) is 6. The van der Waals surface area contributed by atoms with Gasteiger partial charge in [-0.1, -0.05) is 30.0 Å². The zero-order valence-corrected chi connectivity index (χ0v) is 19.4. The molecule has 7 heteroatoms. The smallest absolute Gasteiger partial charge is 0.267 e. The summed E-state index contributed by atoms with van der Waals surface area (Å²) in [6.07, 6.45) is 4.37. The Kier molecular flexibility index (Phi) is 4.96. The Morgan fingerprint density at radius 1 is 1.09 bits per heavy atom. The first-order valence-electron chi connectivity index (χ1n) is 10.8. The van der Waals surface area contributed by atoms with Crippen LogP contribution >= 0.6 is 23.1 Å². The zero-order valence-electron chi connectivity index (χ0n) is 17.7. The number of fused-ring (bicyclic) bond motifs is 4. The van der Waals surface area contributed by atoms with Crippen LogP contribution in [0.15, 0.2) is 52.4 Å². The van der Waals surface area contributed by atoms with Crippen LogP contribution in [0.1, 0.15) is 34.4 Å². The van der Waals surface area contributed by atoms with E-state index < -0.39 is 0 Å². The molecule has 32 heavy (non-hydrogen) atoms. The zero-order chi connectivity index (χ0) is 21.7. The van der Waals surface area contributed by atoms with Crippen LogP contribution in [0.2, 0.25) is 0 Å². The second-order valence-electron chi connectivity index (χ2n) is 8.24. The molecule has 5 nitrogen and oxygen atoms in total. The largest absolute Gasteiger partial charge is 0.454 e. The molecule has 162 valence electrons. The summed E-state index contributed by atoms with van der Waals surface area (Å²) >= 11 is 3.28. The predicted octanol–water partition coefficient (Wildman–Crippen LogP) is 5.66. The molecule has 0 amide bonds. The van der Waals surface area contributed by atoms with Gasteiger partial charge in [0.1, 0.15) is 4.83 Å². The van der Waals surface area contributed by atoms with Crippen LogP contribution in [0.3, 0.4) is 0 Å². The number of thiophene rings is 1. The van der Waals surface area contributed by atoms with Crippen molar-refractivity contribution in [2.75, 3.05) is 6.79 Å². The van der Waals surface area contributed by atoms with Gasteiger partial charge >= 0.3 is 0 Å². The molecule has 6 rings (SSSR count). The third-order valence-electron chi connectivity index (χ3n) is 6.02. The molecule has 1 aliphatic heterocycles. The van der Waals surface area contributed by atoms with E-state index in [-0.39, 0.29) is 12.4 Å². The molecule has 0 spiro atoms. The number of ether oxygens (including phenoxy) is 2. The second kappa shape index (κ2) is 7.98. The first-order chi connectivity index (χ1) is 15.7. The Labute approximate surface area is 194 Å². The average Bonchev–Trinajstić information content (AvgIpc) is 3.41. The van der Waals surface area contributed by atoms with Crippen molar-refractivity contribution >= 4 is 33.3 Å². The minimum Gasteiger partial charge on any atom is -0.454 e. The quantitative estimate of drug-likeness (QED) is 0.290. The van der Waals surface area contributed by atoms with E-state index in [1.165, 1.54) is 16.9 Å². The topological polar surface area (TPSA) is 53.4 Å². The number of benzene rings is 2. The number of aromatic nitrogens is 2. The van der Waals surface area contributed by atoms with Gasteiger partial charge in [0.2, 0.25) is 6.79 Å². The maximum Gasteiger partial charge on any atom is 0.267 e. The molecule has 2 aliphatic rings. The van der Waals surface area contributed by atoms with Crippen molar-refractivity contribution in [2.45, 2.75) is 43.5 Å². The third kappa shape index (κ3) is 3.40. The molecule has 0 N–H and O–H groups in total. The average molecular weight is 463 g/mol. The van der Waals surface area contributed by atoms with Gasteiger partial charge in [0.15, 0.2) is 16.7 Å². The van der Waals surface area contributed by atoms with Crippen LogP contribution in [0.4, 0.5) is 0 Å². The monoisotopic (exact) mass is 462 g/mol. The van der Waals surface area contributed by atoms with Gasteiger partial charge in [-0.15, -0.1) is 11.3 Å². The Morgan fingerprint density at radius 2 is 1.97 bits per heavy atom. The first-order valence-corrected chi connectivity index (χ1v) is 12.6. The molecule has 4 aromatic rings. The molecule has 0 atom stereocenters. The molecule has 0 bridgehead atoms. The van der Waals surface area contributed by atoms with Crippen molar-refractivity contribution in [3.05, 3.63) is 74.4 Å². The lowest BCUT2D eigenvalue weighted by atomic mass is 9.97. The van der Waals surface area contributed by atoms with Crippen molar-refractivity contribution in [1.29, 1.82) is 0 Å². The Balaban J connectivity index is 1.47. The standard InChI is InChI=1S/C25H22N2O3S2/c1-15-5-4-6-17(11-15)27-24(28)22-18-7-2-3-8-21(18)32-23(22)26-25(27)31-13-16-9-10-19-20(12-16)30-14-29-19/h4-6,9-12H,2-3,7-8,13-14H2,1H3. The normalized spacial score (nSPS) is 14.7. The lowest BCUT2D eigenvalue weighted by Gasteiger charge is -2.14. The molecule has 0 saturated heterocycles. The van der Waals surface area contributed by atoms with E-state index in [1.807, 2.05) is 43.3 Å². The summed E-state index contributed by atoms with van der Waals surface area (Å²) < 4.78 is 12.7. The summed E-state index contributed by atoms with van der Waals surface area (Å²) in [7, 11) is 0. The van der Waals surface area contributed by atoms with E-state index in [1.54, 1.807) is 27.7 Å². The van der Waals surface area contributed by atoms with Crippen molar-refractivity contribution in [2.24, 2.45) is 0 Å². The van der Waals surface area contributed by atoms with Gasteiger partial charge in [-0.25, -0.2) is 4.98 Å². The van der Waals surface area contributed by atoms with Crippen molar-refractivity contribution in [3.63, 3.8) is 0 Å². The van der Waals surface area contributed by atoms with Crippen LogP contribution in [0.5, 0.6) is 11.5 Å². The van der Waals surface area contributed by atoms with E-state index in [2.05, 4.69) is 6.07 Å². The minimum atomic E-state index is 0.0492. The number of hydrogen-bond donors (Lipinski definition) is 0. The van der Waals surface area contributed by atoms with Crippen LogP contribution in [0, 0.1) is 6.92 Å². The van der Waals surface area contributed by atoms with Gasteiger partial charge in [-0.3, -0.25) is 9.36 Å². The highest BCUT2D eigenvalue weighted by molar-refractivity contribution is 7.98. The first kappa shape index (κ1) is 19.9. The Morgan fingerprint density at radius 3 is 2.88 bits per heavy atom. The fourth-order valence-electron chi connectivity index (χ4n) is 4.46. The highest BCUT2D eigenvalue weighted by Gasteiger charge is 2.23. The summed E-state index contributed by atoms with van der Waals surface area (Å²) in [5, 5.41) is 1.54. The molecule has 1 aliphatic carbocycles. The molecular formula is C25H22N2O3S2. The van der Waals surface area contributed by atoms with E-state index in [9.17, 15) is 4.79 Å². The molecule has 2 aromatic heterocycles. The van der Waals surface area contributed by atoms with Gasteiger partial charge in [0.05, 0.1) is 11.1 Å². The highest BCUT2D eigenvalue weighted by Crippen LogP contribution is 2.37. The van der Waals surface area contributed by atoms with Crippen LogP contribution < -0.4 is 15.0 Å². The summed E-state index contributed by atoms with van der Waals surface area (Å²) in [5.74, 6) is 2.23. The van der Waals surface area contributed by atoms with Crippen molar-refractivity contribution < 1.29 is 9.47 Å². The number of nitrogens with zero attached hydrogens (tertiary/aromatic N) is 2. The maximum absolute atomic E-state index is 13.8. The van der Waals surface area contributed by atoms with E-state index in [0.717, 1.165) is 62.9 Å². The third-order valence-corrected chi connectivity index (χ3v) is 8.22. The van der Waals surface area contributed by atoms with Crippen LogP contribution in [-0.4, -0.2) is 16.3 Å². The summed E-state index contributed by atoms with van der Waals surface area (Å²) in [4.78, 5) is 21.1. The number of rotatable bonds is 4. The minimum absolute atomic E-state index is 0.0492.